The van der Waals surface area contributed by atoms with E-state index < -0.39 is 11.9 Å². The zero-order valence-electron chi connectivity index (χ0n) is 11.8. The van der Waals surface area contributed by atoms with Gasteiger partial charge >= 0.3 is 5.97 Å². The Bertz CT molecular complexity index is 540. The molecular weight excluding hydrogens is 288 g/mol. The van der Waals surface area contributed by atoms with Gasteiger partial charge in [0, 0.05) is 11.4 Å². The maximum atomic E-state index is 12.1. The molecule has 5 nitrogen and oxygen atoms in total. The van der Waals surface area contributed by atoms with Crippen LogP contribution in [0.4, 0.5) is 0 Å². The molecule has 2 N–H and O–H groups in total. The summed E-state index contributed by atoms with van der Waals surface area (Å²) in [4.78, 5) is 23.5. The van der Waals surface area contributed by atoms with Gasteiger partial charge in [-0.05, 0) is 25.0 Å². The summed E-state index contributed by atoms with van der Waals surface area (Å²) in [6, 6.07) is 9.16. The molecule has 1 aromatic rings. The number of nitriles is 1. The highest BCUT2D eigenvalue weighted by atomic mass is 32.2. The first-order valence-electron chi connectivity index (χ1n) is 6.66. The van der Waals surface area contributed by atoms with Gasteiger partial charge in [0.25, 0.3) is 5.91 Å². The molecule has 21 heavy (non-hydrogen) atoms. The van der Waals surface area contributed by atoms with Crippen molar-refractivity contribution >= 4 is 23.6 Å². The zero-order valence-corrected chi connectivity index (χ0v) is 12.7. The summed E-state index contributed by atoms with van der Waals surface area (Å²) in [5.74, 6) is -1.13. The Morgan fingerprint density at radius 3 is 2.81 bits per heavy atom. The van der Waals surface area contributed by atoms with Crippen LogP contribution in [-0.2, 0) is 4.79 Å². The molecule has 112 valence electrons. The second kappa shape index (κ2) is 9.03. The molecule has 0 bridgehead atoms. The molecule has 0 spiro atoms. The first-order valence-corrected chi connectivity index (χ1v) is 7.64. The highest BCUT2D eigenvalue weighted by molar-refractivity contribution is 7.99. The van der Waals surface area contributed by atoms with Crippen LogP contribution in [0, 0.1) is 17.2 Å². The molecule has 1 atom stereocenters. The van der Waals surface area contributed by atoms with Crippen molar-refractivity contribution in [3.05, 3.63) is 29.8 Å². The fourth-order valence-electron chi connectivity index (χ4n) is 1.72. The Kier molecular flexibility index (Phi) is 7.33. The van der Waals surface area contributed by atoms with Gasteiger partial charge in [-0.3, -0.25) is 9.59 Å². The third kappa shape index (κ3) is 5.88. The zero-order chi connectivity index (χ0) is 15.7. The van der Waals surface area contributed by atoms with Crippen LogP contribution in [0.3, 0.4) is 0 Å². The summed E-state index contributed by atoms with van der Waals surface area (Å²) >= 11 is 1.32. The summed E-state index contributed by atoms with van der Waals surface area (Å²) in [7, 11) is 0. The maximum Gasteiger partial charge on any atom is 0.306 e. The number of amides is 1. The van der Waals surface area contributed by atoms with Crippen LogP contribution in [0.2, 0.25) is 0 Å². The lowest BCUT2D eigenvalue weighted by Crippen LogP contribution is -2.25. The predicted molar refractivity (Wildman–Crippen MR) is 81.1 cm³/mol. The number of rotatable bonds is 8. The highest BCUT2D eigenvalue weighted by Gasteiger charge is 2.12. The molecule has 0 saturated heterocycles. The standard InChI is InChI=1S/C15H18N2O3S/c1-11(15(19)20)5-4-9-17-14(18)12-6-2-3-7-13(12)21-10-8-16/h2-3,6-7,11H,4-5,9-10H2,1H3,(H,17,18)(H,19,20). The lowest BCUT2D eigenvalue weighted by atomic mass is 10.1. The molecule has 0 aliphatic carbocycles. The molecule has 1 aromatic carbocycles. The molecule has 0 aliphatic rings. The van der Waals surface area contributed by atoms with E-state index in [1.807, 2.05) is 18.2 Å². The van der Waals surface area contributed by atoms with Crippen molar-refractivity contribution in [3.63, 3.8) is 0 Å². The van der Waals surface area contributed by atoms with Crippen molar-refractivity contribution in [1.29, 1.82) is 5.26 Å². The first-order chi connectivity index (χ1) is 10.1. The van der Waals surface area contributed by atoms with E-state index in [4.69, 9.17) is 10.4 Å². The van der Waals surface area contributed by atoms with E-state index in [2.05, 4.69) is 5.32 Å². The van der Waals surface area contributed by atoms with Crippen molar-refractivity contribution in [2.75, 3.05) is 12.3 Å². The third-order valence-corrected chi connectivity index (χ3v) is 3.89. The Hall–Kier alpha value is -2.00. The summed E-state index contributed by atoms with van der Waals surface area (Å²) in [5.41, 5.74) is 0.545. The average molecular weight is 306 g/mol. The van der Waals surface area contributed by atoms with Crippen LogP contribution in [-0.4, -0.2) is 29.3 Å². The average Bonchev–Trinajstić information content (AvgIpc) is 2.49. The molecule has 0 saturated carbocycles. The minimum atomic E-state index is -0.820. The minimum absolute atomic E-state index is 0.195. The van der Waals surface area contributed by atoms with Crippen LogP contribution in [0.1, 0.15) is 30.1 Å². The molecular formula is C15H18N2O3S. The molecule has 1 amide bonds. The number of thioether (sulfide) groups is 1. The van der Waals surface area contributed by atoms with E-state index in [9.17, 15) is 9.59 Å². The smallest absolute Gasteiger partial charge is 0.306 e. The predicted octanol–water partition coefficient (Wildman–Crippen LogP) is 2.53. The number of carboxylic acids is 1. The number of nitrogens with zero attached hydrogens (tertiary/aromatic N) is 1. The molecule has 1 rings (SSSR count). The van der Waals surface area contributed by atoms with Gasteiger partial charge in [-0.25, -0.2) is 0 Å². The van der Waals surface area contributed by atoms with Crippen molar-refractivity contribution < 1.29 is 14.7 Å². The Balaban J connectivity index is 2.49. The summed E-state index contributed by atoms with van der Waals surface area (Å²) in [6.45, 7) is 2.09. The topological polar surface area (TPSA) is 90.2 Å². The minimum Gasteiger partial charge on any atom is -0.481 e. The van der Waals surface area contributed by atoms with Crippen LogP contribution < -0.4 is 5.32 Å². The molecule has 1 unspecified atom stereocenters. The number of aliphatic carboxylic acids is 1. The number of benzene rings is 1. The van der Waals surface area contributed by atoms with E-state index in [1.165, 1.54) is 11.8 Å². The maximum absolute atomic E-state index is 12.1. The van der Waals surface area contributed by atoms with Gasteiger partial charge in [0.1, 0.15) is 0 Å². The van der Waals surface area contributed by atoms with Crippen LogP contribution in [0.15, 0.2) is 29.2 Å². The van der Waals surface area contributed by atoms with Gasteiger partial charge in [0.05, 0.1) is 23.3 Å². The van der Waals surface area contributed by atoms with Gasteiger partial charge in [-0.1, -0.05) is 19.1 Å². The van der Waals surface area contributed by atoms with Gasteiger partial charge in [0.2, 0.25) is 0 Å². The van der Waals surface area contributed by atoms with Gasteiger partial charge in [-0.15, -0.1) is 11.8 Å². The van der Waals surface area contributed by atoms with Gasteiger partial charge in [-0.2, -0.15) is 5.26 Å². The molecule has 0 aliphatic heterocycles. The lowest BCUT2D eigenvalue weighted by molar-refractivity contribution is -0.141. The van der Waals surface area contributed by atoms with Crippen molar-refractivity contribution in [3.8, 4) is 6.07 Å². The summed E-state index contributed by atoms with van der Waals surface area (Å²) in [5, 5.41) is 20.2. The second-order valence-corrected chi connectivity index (χ2v) is 5.60. The second-order valence-electron chi connectivity index (χ2n) is 4.58. The number of hydrogen-bond donors (Lipinski definition) is 2. The number of carbonyl (C=O) groups excluding carboxylic acids is 1. The summed E-state index contributed by atoms with van der Waals surface area (Å²) < 4.78 is 0. The normalized spacial score (nSPS) is 11.4. The molecule has 6 heteroatoms. The van der Waals surface area contributed by atoms with Gasteiger partial charge in [0.15, 0.2) is 0 Å². The van der Waals surface area contributed by atoms with Crippen LogP contribution in [0.5, 0.6) is 0 Å². The molecule has 0 radical (unpaired) electrons. The number of carbonyl (C=O) groups is 2. The molecule has 0 aromatic heterocycles. The first kappa shape index (κ1) is 17.1. The van der Waals surface area contributed by atoms with E-state index in [0.29, 0.717) is 30.7 Å². The Morgan fingerprint density at radius 2 is 2.14 bits per heavy atom. The fourth-order valence-corrected chi connectivity index (χ4v) is 2.43. The number of hydrogen-bond acceptors (Lipinski definition) is 4. The fraction of sp³-hybridized carbons (Fsp3) is 0.400. The van der Waals surface area contributed by atoms with Gasteiger partial charge < -0.3 is 10.4 Å². The van der Waals surface area contributed by atoms with E-state index in [-0.39, 0.29) is 5.91 Å². The molecule has 0 fully saturated rings. The summed E-state index contributed by atoms with van der Waals surface area (Å²) in [6.07, 6.45) is 1.15. The van der Waals surface area contributed by atoms with Crippen molar-refractivity contribution in [2.45, 2.75) is 24.7 Å². The SMILES string of the molecule is CC(CCCNC(=O)c1ccccc1SCC#N)C(=O)O. The number of nitrogens with one attached hydrogen (secondary N) is 1. The monoisotopic (exact) mass is 306 g/mol. The van der Waals surface area contributed by atoms with E-state index >= 15 is 0 Å². The van der Waals surface area contributed by atoms with Crippen LogP contribution >= 0.6 is 11.8 Å². The third-order valence-electron chi connectivity index (χ3n) is 2.94. The Labute approximate surface area is 128 Å². The Morgan fingerprint density at radius 1 is 1.43 bits per heavy atom. The lowest BCUT2D eigenvalue weighted by Gasteiger charge is -2.10. The van der Waals surface area contributed by atoms with Crippen molar-refractivity contribution in [2.24, 2.45) is 5.92 Å². The largest absolute Gasteiger partial charge is 0.481 e. The quantitative estimate of drug-likeness (QED) is 0.569. The van der Waals surface area contributed by atoms with Crippen molar-refractivity contribution in [1.82, 2.24) is 5.32 Å². The van der Waals surface area contributed by atoms with E-state index in [0.717, 1.165) is 4.90 Å². The van der Waals surface area contributed by atoms with E-state index in [1.54, 1.807) is 19.1 Å². The highest BCUT2D eigenvalue weighted by Crippen LogP contribution is 2.22. The van der Waals surface area contributed by atoms with Crippen LogP contribution in [0.25, 0.3) is 0 Å². The number of carboxylic acid groups (broad SMARTS) is 1. The molecule has 0 heterocycles.